The van der Waals surface area contributed by atoms with Gasteiger partial charge in [-0.15, -0.1) is 11.3 Å². The lowest BCUT2D eigenvalue weighted by atomic mass is 10.3. The first-order chi connectivity index (χ1) is 9.54. The number of quaternary nitrogens is 1. The van der Waals surface area contributed by atoms with Crippen molar-refractivity contribution in [2.45, 2.75) is 6.54 Å². The van der Waals surface area contributed by atoms with Gasteiger partial charge in [-0.05, 0) is 29.6 Å². The van der Waals surface area contributed by atoms with E-state index in [-0.39, 0.29) is 5.91 Å². The molecule has 0 spiro atoms. The summed E-state index contributed by atoms with van der Waals surface area (Å²) in [5.74, 6) is -0.0803. The molecule has 3 nitrogen and oxygen atoms in total. The first-order valence-electron chi connectivity index (χ1n) is 6.13. The number of hydrogen-bond donors (Lipinski definition) is 2. The zero-order valence-corrected chi connectivity index (χ0v) is 13.3. The van der Waals surface area contributed by atoms with Gasteiger partial charge < -0.3 is 10.2 Å². The summed E-state index contributed by atoms with van der Waals surface area (Å²) < 4.78 is 0. The maximum atomic E-state index is 12.0. The Morgan fingerprint density at radius 1 is 1.35 bits per heavy atom. The molecule has 20 heavy (non-hydrogen) atoms. The van der Waals surface area contributed by atoms with E-state index in [9.17, 15) is 4.79 Å². The van der Waals surface area contributed by atoms with E-state index in [0.717, 1.165) is 11.4 Å². The highest BCUT2D eigenvalue weighted by Crippen LogP contribution is 2.25. The summed E-state index contributed by atoms with van der Waals surface area (Å²) in [6, 6.07) is 9.09. The normalized spacial score (nSPS) is 12.2. The molecule has 2 N–H and O–H groups in total. The van der Waals surface area contributed by atoms with Crippen molar-refractivity contribution in [1.29, 1.82) is 0 Å². The van der Waals surface area contributed by atoms with Crippen LogP contribution in [0, 0.1) is 0 Å². The molecule has 0 bridgehead atoms. The van der Waals surface area contributed by atoms with Crippen LogP contribution >= 0.6 is 34.5 Å². The van der Waals surface area contributed by atoms with Gasteiger partial charge in [0.15, 0.2) is 6.54 Å². The maximum absolute atomic E-state index is 12.0. The third-order valence-electron chi connectivity index (χ3n) is 2.72. The monoisotopic (exact) mass is 329 g/mol. The van der Waals surface area contributed by atoms with Gasteiger partial charge in [0.2, 0.25) is 0 Å². The molecule has 1 heterocycles. The largest absolute Gasteiger partial charge is 0.325 e. The molecule has 2 rings (SSSR count). The van der Waals surface area contributed by atoms with Crippen LogP contribution in [0.25, 0.3) is 0 Å². The Labute approximate surface area is 132 Å². The molecule has 0 saturated heterocycles. The van der Waals surface area contributed by atoms with Crippen molar-refractivity contribution >= 4 is 46.1 Å². The summed E-state index contributed by atoms with van der Waals surface area (Å²) in [6.07, 6.45) is 0. The number of hydrogen-bond acceptors (Lipinski definition) is 2. The van der Waals surface area contributed by atoms with Crippen LogP contribution in [0.5, 0.6) is 0 Å². The summed E-state index contributed by atoms with van der Waals surface area (Å²) in [5, 5.41) is 5.86. The van der Waals surface area contributed by atoms with Crippen molar-refractivity contribution in [3.8, 4) is 0 Å². The zero-order chi connectivity index (χ0) is 14.5. The molecule has 1 atom stereocenters. The second kappa shape index (κ2) is 7.09. The number of nitrogens with one attached hydrogen (secondary N) is 2. The molecule has 0 aliphatic rings. The molecule has 0 fully saturated rings. The van der Waals surface area contributed by atoms with Gasteiger partial charge in [-0.2, -0.15) is 0 Å². The zero-order valence-electron chi connectivity index (χ0n) is 11.0. The minimum Gasteiger partial charge on any atom is -0.325 e. The summed E-state index contributed by atoms with van der Waals surface area (Å²) in [4.78, 5) is 14.4. The van der Waals surface area contributed by atoms with E-state index in [1.54, 1.807) is 29.5 Å². The van der Waals surface area contributed by atoms with E-state index in [1.165, 1.54) is 4.88 Å². The molecule has 106 valence electrons. The highest BCUT2D eigenvalue weighted by molar-refractivity contribution is 7.09. The number of anilines is 1. The molecular weight excluding hydrogens is 315 g/mol. The number of thiophene rings is 1. The average Bonchev–Trinajstić information content (AvgIpc) is 2.86. The van der Waals surface area contributed by atoms with E-state index >= 15 is 0 Å². The van der Waals surface area contributed by atoms with Crippen LogP contribution in [-0.4, -0.2) is 19.5 Å². The predicted octanol–water partition coefficient (Wildman–Crippen LogP) is 2.71. The van der Waals surface area contributed by atoms with E-state index in [0.29, 0.717) is 22.3 Å². The van der Waals surface area contributed by atoms with Crippen LogP contribution in [-0.2, 0) is 11.3 Å². The molecule has 1 aromatic heterocycles. The molecule has 0 radical (unpaired) electrons. The Morgan fingerprint density at radius 3 is 2.85 bits per heavy atom. The summed E-state index contributed by atoms with van der Waals surface area (Å²) in [6.45, 7) is 1.20. The molecule has 1 unspecified atom stereocenters. The lowest BCUT2D eigenvalue weighted by Gasteiger charge is -2.13. The second-order valence-electron chi connectivity index (χ2n) is 4.56. The van der Waals surface area contributed by atoms with Gasteiger partial charge in [-0.25, -0.2) is 0 Å². The Balaban J connectivity index is 1.90. The van der Waals surface area contributed by atoms with Crippen LogP contribution < -0.4 is 10.2 Å². The van der Waals surface area contributed by atoms with Crippen LogP contribution in [0.4, 0.5) is 5.69 Å². The van der Waals surface area contributed by atoms with Gasteiger partial charge in [-0.3, -0.25) is 4.79 Å². The molecule has 0 aliphatic carbocycles. The second-order valence-corrected chi connectivity index (χ2v) is 6.44. The highest BCUT2D eigenvalue weighted by Gasteiger charge is 2.12. The Kier molecular flexibility index (Phi) is 5.43. The number of benzene rings is 1. The third-order valence-corrected chi connectivity index (χ3v) is 4.16. The fourth-order valence-electron chi connectivity index (χ4n) is 1.83. The van der Waals surface area contributed by atoms with Crippen molar-refractivity contribution in [3.63, 3.8) is 0 Å². The SMILES string of the molecule is C[NH+](CC(=O)Nc1cc(Cl)ccc1Cl)Cc1cccs1. The van der Waals surface area contributed by atoms with Crippen LogP contribution in [0.15, 0.2) is 35.7 Å². The summed E-state index contributed by atoms with van der Waals surface area (Å²) in [7, 11) is 1.98. The minimum atomic E-state index is -0.0803. The molecule has 2 aromatic rings. The van der Waals surface area contributed by atoms with Gasteiger partial charge >= 0.3 is 0 Å². The van der Waals surface area contributed by atoms with Crippen molar-refractivity contribution in [1.82, 2.24) is 0 Å². The Hall–Kier alpha value is -1.07. The van der Waals surface area contributed by atoms with Crippen molar-refractivity contribution in [3.05, 3.63) is 50.6 Å². The summed E-state index contributed by atoms with van der Waals surface area (Å²) in [5.41, 5.74) is 0.549. The van der Waals surface area contributed by atoms with Crippen LogP contribution in [0.2, 0.25) is 10.0 Å². The molecular formula is C14H15Cl2N2OS+. The van der Waals surface area contributed by atoms with Gasteiger partial charge in [-0.1, -0.05) is 29.3 Å². The van der Waals surface area contributed by atoms with Gasteiger partial charge in [0, 0.05) is 5.02 Å². The van der Waals surface area contributed by atoms with Gasteiger partial charge in [0.1, 0.15) is 6.54 Å². The molecule has 1 aromatic carbocycles. The van der Waals surface area contributed by atoms with Crippen molar-refractivity contribution in [2.24, 2.45) is 0 Å². The fourth-order valence-corrected chi connectivity index (χ4v) is 2.99. The molecule has 6 heteroatoms. The van der Waals surface area contributed by atoms with Crippen LogP contribution in [0.1, 0.15) is 4.88 Å². The Bertz CT molecular complexity index is 587. The quantitative estimate of drug-likeness (QED) is 0.868. The highest BCUT2D eigenvalue weighted by atomic mass is 35.5. The number of carbonyl (C=O) groups excluding carboxylic acids is 1. The number of rotatable bonds is 5. The molecule has 1 amide bonds. The van der Waals surface area contributed by atoms with E-state index in [4.69, 9.17) is 23.2 Å². The van der Waals surface area contributed by atoms with Crippen molar-refractivity contribution in [2.75, 3.05) is 18.9 Å². The predicted molar refractivity (Wildman–Crippen MR) is 84.9 cm³/mol. The molecule has 0 saturated carbocycles. The smallest absolute Gasteiger partial charge is 0.279 e. The first-order valence-corrected chi connectivity index (χ1v) is 7.77. The van der Waals surface area contributed by atoms with E-state index in [2.05, 4.69) is 11.4 Å². The fraction of sp³-hybridized carbons (Fsp3) is 0.214. The number of halogens is 2. The molecule has 0 aliphatic heterocycles. The summed E-state index contributed by atoms with van der Waals surface area (Å²) >= 11 is 13.6. The maximum Gasteiger partial charge on any atom is 0.279 e. The Morgan fingerprint density at radius 2 is 2.15 bits per heavy atom. The lowest BCUT2D eigenvalue weighted by molar-refractivity contribution is -0.884. The standard InChI is InChI=1S/C14H14Cl2N2OS/c1-18(8-11-3-2-6-20-11)9-14(19)17-13-7-10(15)4-5-12(13)16/h2-7H,8-9H2,1H3,(H,17,19)/p+1. The number of carbonyl (C=O) groups is 1. The third kappa shape index (κ3) is 4.49. The van der Waals surface area contributed by atoms with Crippen LogP contribution in [0.3, 0.4) is 0 Å². The van der Waals surface area contributed by atoms with E-state index < -0.39 is 0 Å². The number of amides is 1. The topological polar surface area (TPSA) is 33.5 Å². The van der Waals surface area contributed by atoms with Gasteiger partial charge in [0.25, 0.3) is 5.91 Å². The average molecular weight is 330 g/mol. The first kappa shape index (κ1) is 15.3. The van der Waals surface area contributed by atoms with Gasteiger partial charge in [0.05, 0.1) is 22.6 Å². The van der Waals surface area contributed by atoms with Crippen molar-refractivity contribution < 1.29 is 9.69 Å². The minimum absolute atomic E-state index is 0.0803. The lowest BCUT2D eigenvalue weighted by Crippen LogP contribution is -3.08. The number of likely N-dealkylation sites (N-methyl/N-ethyl adjacent to an activating group) is 1. The van der Waals surface area contributed by atoms with E-state index in [1.807, 2.05) is 18.5 Å².